The number of benzene rings is 2. The first-order valence-corrected chi connectivity index (χ1v) is 9.57. The third-order valence-electron chi connectivity index (χ3n) is 5.47. The molecule has 0 spiro atoms. The summed E-state index contributed by atoms with van der Waals surface area (Å²) >= 11 is 0. The van der Waals surface area contributed by atoms with Gasteiger partial charge in [0.1, 0.15) is 0 Å². The van der Waals surface area contributed by atoms with Crippen molar-refractivity contribution in [3.05, 3.63) is 65.2 Å². The molecule has 5 nitrogen and oxygen atoms in total. The summed E-state index contributed by atoms with van der Waals surface area (Å²) in [4.78, 5) is 30.8. The highest BCUT2D eigenvalue weighted by Crippen LogP contribution is 2.28. The second-order valence-electron chi connectivity index (χ2n) is 7.41. The highest BCUT2D eigenvalue weighted by molar-refractivity contribution is 6.52. The average molecular weight is 436 g/mol. The number of fused-ring (bicyclic) bond motifs is 1. The SMILES string of the molecule is Cc1cccc(CN2CCN(CCN3C(=O)C(=O)c4ccccc43)CC2)c1.Cl.Cl. The monoisotopic (exact) mass is 435 g/mol. The molecule has 1 saturated heterocycles. The van der Waals surface area contributed by atoms with Crippen LogP contribution in [0.25, 0.3) is 0 Å². The van der Waals surface area contributed by atoms with E-state index in [0.717, 1.165) is 45.0 Å². The van der Waals surface area contributed by atoms with Crippen molar-refractivity contribution in [2.75, 3.05) is 44.2 Å². The molecule has 0 saturated carbocycles. The van der Waals surface area contributed by atoms with E-state index >= 15 is 0 Å². The van der Waals surface area contributed by atoms with Crippen molar-refractivity contribution < 1.29 is 9.59 Å². The molecule has 156 valence electrons. The molecule has 0 radical (unpaired) electrons. The zero-order valence-electron chi connectivity index (χ0n) is 16.5. The molecule has 0 N–H and O–H groups in total. The molecule has 2 aromatic rings. The summed E-state index contributed by atoms with van der Waals surface area (Å²) in [7, 11) is 0. The molecule has 1 amide bonds. The maximum absolute atomic E-state index is 12.3. The number of anilines is 1. The highest BCUT2D eigenvalue weighted by atomic mass is 35.5. The molecule has 0 bridgehead atoms. The highest BCUT2D eigenvalue weighted by Gasteiger charge is 2.35. The van der Waals surface area contributed by atoms with Crippen LogP contribution in [0.5, 0.6) is 0 Å². The molecule has 0 unspecified atom stereocenters. The predicted octanol–water partition coefficient (Wildman–Crippen LogP) is 3.19. The first-order chi connectivity index (χ1) is 13.1. The Morgan fingerprint density at radius 2 is 1.52 bits per heavy atom. The van der Waals surface area contributed by atoms with Gasteiger partial charge in [0, 0.05) is 45.8 Å². The van der Waals surface area contributed by atoms with Gasteiger partial charge in [-0.3, -0.25) is 19.4 Å². The lowest BCUT2D eigenvalue weighted by atomic mass is 10.1. The van der Waals surface area contributed by atoms with Crippen LogP contribution >= 0.6 is 24.8 Å². The van der Waals surface area contributed by atoms with E-state index in [2.05, 4.69) is 41.0 Å². The zero-order chi connectivity index (χ0) is 18.8. The minimum atomic E-state index is -0.394. The van der Waals surface area contributed by atoms with Crippen LogP contribution in [0.15, 0.2) is 48.5 Å². The van der Waals surface area contributed by atoms with Crippen molar-refractivity contribution in [1.82, 2.24) is 9.80 Å². The molecule has 0 aromatic heterocycles. The van der Waals surface area contributed by atoms with Gasteiger partial charge in [-0.2, -0.15) is 0 Å². The van der Waals surface area contributed by atoms with Gasteiger partial charge in [-0.05, 0) is 24.6 Å². The molecule has 2 aromatic carbocycles. The molecule has 29 heavy (non-hydrogen) atoms. The van der Waals surface area contributed by atoms with E-state index in [9.17, 15) is 9.59 Å². The Labute approximate surface area is 184 Å². The molecule has 1 fully saturated rings. The van der Waals surface area contributed by atoms with Crippen molar-refractivity contribution in [3.8, 4) is 0 Å². The summed E-state index contributed by atoms with van der Waals surface area (Å²) in [5.74, 6) is -0.775. The van der Waals surface area contributed by atoms with Crippen LogP contribution in [-0.4, -0.2) is 60.8 Å². The lowest BCUT2D eigenvalue weighted by Crippen LogP contribution is -2.48. The molecule has 2 aliphatic heterocycles. The molecular formula is C22H27Cl2N3O2. The van der Waals surface area contributed by atoms with E-state index in [1.54, 1.807) is 17.0 Å². The van der Waals surface area contributed by atoms with Crippen LogP contribution in [0, 0.1) is 6.92 Å². The normalized spacial score (nSPS) is 16.9. The first kappa shape index (κ1) is 23.4. The summed E-state index contributed by atoms with van der Waals surface area (Å²) in [5.41, 5.74) is 3.95. The fourth-order valence-electron chi connectivity index (χ4n) is 3.95. The van der Waals surface area contributed by atoms with Gasteiger partial charge < -0.3 is 4.90 Å². The Morgan fingerprint density at radius 3 is 2.24 bits per heavy atom. The summed E-state index contributed by atoms with van der Waals surface area (Å²) in [6, 6.07) is 16.0. The van der Waals surface area contributed by atoms with Crippen molar-refractivity contribution in [2.45, 2.75) is 13.5 Å². The van der Waals surface area contributed by atoms with Crippen LogP contribution in [0.3, 0.4) is 0 Å². The van der Waals surface area contributed by atoms with Crippen molar-refractivity contribution >= 4 is 42.2 Å². The first-order valence-electron chi connectivity index (χ1n) is 9.57. The largest absolute Gasteiger partial charge is 0.303 e. The Bertz CT molecular complexity index is 867. The molecule has 2 aliphatic rings. The minimum Gasteiger partial charge on any atom is -0.303 e. The fraction of sp³-hybridized carbons (Fsp3) is 0.364. The Morgan fingerprint density at radius 1 is 0.828 bits per heavy atom. The number of carbonyl (C=O) groups is 2. The van der Waals surface area contributed by atoms with Crippen LogP contribution in [0.2, 0.25) is 0 Å². The topological polar surface area (TPSA) is 43.9 Å². The van der Waals surface area contributed by atoms with Crippen LogP contribution in [-0.2, 0) is 11.3 Å². The quantitative estimate of drug-likeness (QED) is 0.676. The van der Waals surface area contributed by atoms with Crippen molar-refractivity contribution in [1.29, 1.82) is 0 Å². The molecule has 2 heterocycles. The lowest BCUT2D eigenvalue weighted by molar-refractivity contribution is -0.114. The van der Waals surface area contributed by atoms with Gasteiger partial charge >= 0.3 is 0 Å². The van der Waals surface area contributed by atoms with Gasteiger partial charge in [-0.1, -0.05) is 42.0 Å². The smallest absolute Gasteiger partial charge is 0.299 e. The van der Waals surface area contributed by atoms with Gasteiger partial charge in [0.2, 0.25) is 0 Å². The maximum atomic E-state index is 12.3. The van der Waals surface area contributed by atoms with Crippen molar-refractivity contribution in [2.24, 2.45) is 0 Å². The van der Waals surface area contributed by atoms with E-state index in [1.165, 1.54) is 11.1 Å². The number of Topliss-reactive ketones (excluding diaryl/α,β-unsaturated/α-hetero) is 1. The number of carbonyl (C=O) groups excluding carboxylic acids is 2. The molecule has 0 atom stereocenters. The van der Waals surface area contributed by atoms with E-state index < -0.39 is 5.91 Å². The number of hydrogen-bond donors (Lipinski definition) is 0. The van der Waals surface area contributed by atoms with E-state index in [1.807, 2.05) is 12.1 Å². The average Bonchev–Trinajstić information content (AvgIpc) is 2.92. The van der Waals surface area contributed by atoms with E-state index in [0.29, 0.717) is 12.1 Å². The van der Waals surface area contributed by atoms with Gasteiger partial charge in [0.25, 0.3) is 11.7 Å². The zero-order valence-corrected chi connectivity index (χ0v) is 18.2. The van der Waals surface area contributed by atoms with E-state index in [-0.39, 0.29) is 30.6 Å². The number of hydrogen-bond acceptors (Lipinski definition) is 4. The number of aryl methyl sites for hydroxylation is 1. The van der Waals surface area contributed by atoms with Crippen LogP contribution in [0.1, 0.15) is 21.5 Å². The summed E-state index contributed by atoms with van der Waals surface area (Å²) in [6.45, 7) is 8.51. The number of ketones is 1. The third kappa shape index (κ3) is 5.17. The second-order valence-corrected chi connectivity index (χ2v) is 7.41. The summed E-state index contributed by atoms with van der Waals surface area (Å²) in [5, 5.41) is 0. The Hall–Kier alpha value is -1.92. The van der Waals surface area contributed by atoms with Gasteiger partial charge in [-0.15, -0.1) is 24.8 Å². The van der Waals surface area contributed by atoms with Gasteiger partial charge in [0.15, 0.2) is 0 Å². The molecule has 4 rings (SSSR count). The number of nitrogens with zero attached hydrogens (tertiary/aromatic N) is 3. The number of amides is 1. The number of halogens is 2. The number of piperazine rings is 1. The van der Waals surface area contributed by atoms with Crippen LogP contribution < -0.4 is 4.90 Å². The van der Waals surface area contributed by atoms with E-state index in [4.69, 9.17) is 0 Å². The van der Waals surface area contributed by atoms with Gasteiger partial charge in [-0.25, -0.2) is 0 Å². The van der Waals surface area contributed by atoms with Crippen LogP contribution in [0.4, 0.5) is 5.69 Å². The predicted molar refractivity (Wildman–Crippen MR) is 121 cm³/mol. The second kappa shape index (κ2) is 10.2. The maximum Gasteiger partial charge on any atom is 0.299 e. The number of rotatable bonds is 5. The Kier molecular flexibility index (Phi) is 8.23. The molecule has 0 aliphatic carbocycles. The minimum absolute atomic E-state index is 0. The summed E-state index contributed by atoms with van der Waals surface area (Å²) in [6.07, 6.45) is 0. The van der Waals surface area contributed by atoms with Crippen molar-refractivity contribution in [3.63, 3.8) is 0 Å². The third-order valence-corrected chi connectivity index (χ3v) is 5.47. The molecule has 7 heteroatoms. The van der Waals surface area contributed by atoms with Gasteiger partial charge in [0.05, 0.1) is 11.3 Å². The standard InChI is InChI=1S/C22H25N3O2.2ClH/c1-17-5-4-6-18(15-17)16-24-11-9-23(10-12-24)13-14-25-20-8-3-2-7-19(20)21(26)22(25)27;;/h2-8,15H,9-14,16H2,1H3;2*1H. The Balaban J connectivity index is 0.00000150. The lowest BCUT2D eigenvalue weighted by Gasteiger charge is -2.35. The number of para-hydroxylation sites is 1. The molecular weight excluding hydrogens is 409 g/mol. The fourth-order valence-corrected chi connectivity index (χ4v) is 3.95. The summed E-state index contributed by atoms with van der Waals surface area (Å²) < 4.78 is 0.